The van der Waals surface area contributed by atoms with Gasteiger partial charge in [-0.3, -0.25) is 9.97 Å². The standard InChI is InChI=1S/C20H17ClN4OS.C12H8ClN3S/c1-12-8-15-19(23-10-13-5-6-17(26-2)16(21)9-13)24-18(25-20(15)27-12)14-4-3-7-22-11-14;1-7-5-9-10(13)15-11(16-12(9)17-7)8-3-2-4-14-6-8/h3-9,11H,10H2,1-2H3,(H,23,24,25);2-6H,1H3. The van der Waals surface area contributed by atoms with Gasteiger partial charge >= 0.3 is 0 Å². The van der Waals surface area contributed by atoms with Gasteiger partial charge in [-0.15, -0.1) is 22.7 Å². The molecule has 0 amide bonds. The van der Waals surface area contributed by atoms with Crippen molar-refractivity contribution in [3.05, 3.63) is 105 Å². The van der Waals surface area contributed by atoms with Crippen LogP contribution in [0.3, 0.4) is 0 Å². The van der Waals surface area contributed by atoms with Gasteiger partial charge in [0.05, 0.1) is 17.5 Å². The molecule has 0 saturated carbocycles. The normalized spacial score (nSPS) is 10.9. The van der Waals surface area contributed by atoms with Crippen molar-refractivity contribution < 1.29 is 4.74 Å². The highest BCUT2D eigenvalue weighted by Crippen LogP contribution is 2.32. The molecule has 0 saturated heterocycles. The van der Waals surface area contributed by atoms with Crippen molar-refractivity contribution in [2.45, 2.75) is 20.4 Å². The highest BCUT2D eigenvalue weighted by atomic mass is 35.5. The van der Waals surface area contributed by atoms with Gasteiger partial charge in [0.15, 0.2) is 11.6 Å². The second-order valence-corrected chi connectivity index (χ2v) is 12.9. The van der Waals surface area contributed by atoms with Gasteiger partial charge in [-0.25, -0.2) is 19.9 Å². The highest BCUT2D eigenvalue weighted by molar-refractivity contribution is 7.19. The summed E-state index contributed by atoms with van der Waals surface area (Å²) in [5.74, 6) is 2.75. The van der Waals surface area contributed by atoms with E-state index in [0.29, 0.717) is 34.1 Å². The minimum Gasteiger partial charge on any atom is -0.495 e. The third-order valence-electron chi connectivity index (χ3n) is 6.50. The number of anilines is 1. The lowest BCUT2D eigenvalue weighted by atomic mass is 10.2. The van der Waals surface area contributed by atoms with E-state index in [4.69, 9.17) is 37.9 Å². The highest BCUT2D eigenvalue weighted by Gasteiger charge is 2.13. The first kappa shape index (κ1) is 29.8. The van der Waals surface area contributed by atoms with Gasteiger partial charge in [0.2, 0.25) is 0 Å². The van der Waals surface area contributed by atoms with Gasteiger partial charge in [0, 0.05) is 57.6 Å². The van der Waals surface area contributed by atoms with E-state index in [1.54, 1.807) is 54.6 Å². The number of thiophene rings is 2. The number of hydrogen-bond donors (Lipinski definition) is 1. The fraction of sp³-hybridized carbons (Fsp3) is 0.125. The van der Waals surface area contributed by atoms with E-state index >= 15 is 0 Å². The van der Waals surface area contributed by atoms with Crippen LogP contribution in [-0.2, 0) is 6.54 Å². The smallest absolute Gasteiger partial charge is 0.164 e. The van der Waals surface area contributed by atoms with Gasteiger partial charge < -0.3 is 10.1 Å². The number of nitrogens with zero attached hydrogens (tertiary/aromatic N) is 6. The molecule has 0 bridgehead atoms. The number of nitrogens with one attached hydrogen (secondary N) is 1. The fourth-order valence-corrected chi connectivity index (χ4v) is 6.76. The Hall–Kier alpha value is -4.22. The van der Waals surface area contributed by atoms with Gasteiger partial charge in [0.25, 0.3) is 0 Å². The largest absolute Gasteiger partial charge is 0.495 e. The molecule has 0 radical (unpaired) electrons. The maximum atomic E-state index is 6.23. The zero-order valence-corrected chi connectivity index (χ0v) is 27.0. The monoisotopic (exact) mass is 657 g/mol. The quantitative estimate of drug-likeness (QED) is 0.177. The molecular formula is C32H25Cl2N7OS2. The number of hydrogen-bond acceptors (Lipinski definition) is 10. The molecule has 220 valence electrons. The topological polar surface area (TPSA) is 98.6 Å². The van der Waals surface area contributed by atoms with E-state index in [0.717, 1.165) is 42.9 Å². The van der Waals surface area contributed by atoms with Crippen molar-refractivity contribution in [1.82, 2.24) is 29.9 Å². The first-order valence-corrected chi connectivity index (χ1v) is 15.9. The molecule has 44 heavy (non-hydrogen) atoms. The molecule has 1 aromatic carbocycles. The van der Waals surface area contributed by atoms with Crippen LogP contribution in [0.4, 0.5) is 5.82 Å². The molecule has 0 spiro atoms. The van der Waals surface area contributed by atoms with Crippen molar-refractivity contribution in [3.8, 4) is 28.5 Å². The average molecular weight is 659 g/mol. The van der Waals surface area contributed by atoms with E-state index in [1.807, 2.05) is 55.5 Å². The Labute approximate surface area is 271 Å². The molecule has 6 aromatic heterocycles. The molecule has 0 aliphatic carbocycles. The number of benzene rings is 1. The molecule has 6 heterocycles. The Kier molecular flexibility index (Phi) is 8.94. The van der Waals surface area contributed by atoms with Crippen LogP contribution in [-0.4, -0.2) is 37.0 Å². The fourth-order valence-electron chi connectivity index (χ4n) is 4.44. The molecule has 0 fully saturated rings. The van der Waals surface area contributed by atoms with Crippen LogP contribution in [0.1, 0.15) is 15.3 Å². The molecule has 7 aromatic rings. The number of pyridine rings is 2. The number of fused-ring (bicyclic) bond motifs is 2. The van der Waals surface area contributed by atoms with E-state index in [2.05, 4.69) is 38.2 Å². The summed E-state index contributed by atoms with van der Waals surface area (Å²) in [4.78, 5) is 30.7. The van der Waals surface area contributed by atoms with E-state index in [-0.39, 0.29) is 0 Å². The maximum absolute atomic E-state index is 6.23. The third-order valence-corrected chi connectivity index (χ3v) is 8.97. The van der Waals surface area contributed by atoms with Crippen molar-refractivity contribution in [3.63, 3.8) is 0 Å². The molecule has 7 rings (SSSR count). The lowest BCUT2D eigenvalue weighted by Crippen LogP contribution is -2.04. The maximum Gasteiger partial charge on any atom is 0.164 e. The molecule has 0 atom stereocenters. The summed E-state index contributed by atoms with van der Waals surface area (Å²) < 4.78 is 5.21. The number of aryl methyl sites for hydroxylation is 2. The Morgan fingerprint density at radius 2 is 1.36 bits per heavy atom. The lowest BCUT2D eigenvalue weighted by Gasteiger charge is -2.10. The molecule has 0 aliphatic heterocycles. The summed E-state index contributed by atoms with van der Waals surface area (Å²) in [5, 5.41) is 6.45. The van der Waals surface area contributed by atoms with Crippen LogP contribution in [0.2, 0.25) is 10.2 Å². The number of rotatable bonds is 6. The zero-order chi connectivity index (χ0) is 30.6. The predicted molar refractivity (Wildman–Crippen MR) is 181 cm³/mol. The van der Waals surface area contributed by atoms with Crippen LogP contribution in [0.15, 0.2) is 79.4 Å². The van der Waals surface area contributed by atoms with Gasteiger partial charge in [-0.05, 0) is 67.9 Å². The van der Waals surface area contributed by atoms with Crippen molar-refractivity contribution in [1.29, 1.82) is 0 Å². The van der Waals surface area contributed by atoms with Crippen LogP contribution in [0.5, 0.6) is 5.75 Å². The summed E-state index contributed by atoms with van der Waals surface area (Å²) in [6.45, 7) is 4.70. The van der Waals surface area contributed by atoms with Crippen LogP contribution >= 0.6 is 45.9 Å². The van der Waals surface area contributed by atoms with E-state index < -0.39 is 0 Å². The van der Waals surface area contributed by atoms with Crippen LogP contribution in [0, 0.1) is 13.8 Å². The summed E-state index contributed by atoms with van der Waals surface area (Å²) in [5.41, 5.74) is 2.81. The van der Waals surface area contributed by atoms with Crippen LogP contribution < -0.4 is 10.1 Å². The Balaban J connectivity index is 0.000000173. The van der Waals surface area contributed by atoms with Crippen molar-refractivity contribution >= 4 is 72.1 Å². The van der Waals surface area contributed by atoms with Gasteiger partial charge in [-0.2, -0.15) is 0 Å². The Morgan fingerprint density at radius 3 is 1.95 bits per heavy atom. The number of ether oxygens (including phenoxy) is 1. The van der Waals surface area contributed by atoms with E-state index in [9.17, 15) is 0 Å². The molecule has 0 aliphatic rings. The number of halogens is 2. The average Bonchev–Trinajstić information content (AvgIpc) is 3.62. The lowest BCUT2D eigenvalue weighted by molar-refractivity contribution is 0.415. The van der Waals surface area contributed by atoms with Gasteiger partial charge in [0.1, 0.15) is 26.4 Å². The summed E-state index contributed by atoms with van der Waals surface area (Å²) in [7, 11) is 1.61. The third kappa shape index (κ3) is 6.63. The zero-order valence-electron chi connectivity index (χ0n) is 23.9. The second-order valence-electron chi connectivity index (χ2n) is 9.69. The predicted octanol–water partition coefficient (Wildman–Crippen LogP) is 9.05. The first-order chi connectivity index (χ1) is 21.4. The summed E-state index contributed by atoms with van der Waals surface area (Å²) in [6, 6.07) is 17.5. The number of methoxy groups -OCH3 is 1. The van der Waals surface area contributed by atoms with E-state index in [1.165, 1.54) is 9.75 Å². The SMILES string of the molecule is COc1ccc(CNc2nc(-c3cccnc3)nc3sc(C)cc23)cc1Cl.Cc1cc2c(Cl)nc(-c3cccnc3)nc2s1. The molecule has 8 nitrogen and oxygen atoms in total. The minimum absolute atomic E-state index is 0.498. The van der Waals surface area contributed by atoms with Crippen LogP contribution in [0.25, 0.3) is 43.2 Å². The molecule has 1 N–H and O–H groups in total. The number of aromatic nitrogens is 6. The summed E-state index contributed by atoms with van der Waals surface area (Å²) >= 11 is 15.7. The first-order valence-electron chi connectivity index (χ1n) is 13.5. The molecule has 0 unspecified atom stereocenters. The second kappa shape index (κ2) is 13.2. The van der Waals surface area contributed by atoms with Crippen molar-refractivity contribution in [2.75, 3.05) is 12.4 Å². The molecule has 12 heteroatoms. The summed E-state index contributed by atoms with van der Waals surface area (Å²) in [6.07, 6.45) is 6.97. The Bertz CT molecular complexity index is 2070. The molecular weight excluding hydrogens is 633 g/mol. The Morgan fingerprint density at radius 1 is 0.750 bits per heavy atom. The van der Waals surface area contributed by atoms with Crippen molar-refractivity contribution in [2.24, 2.45) is 0 Å². The van der Waals surface area contributed by atoms with Gasteiger partial charge in [-0.1, -0.05) is 29.3 Å². The minimum atomic E-state index is 0.498.